The van der Waals surface area contributed by atoms with Gasteiger partial charge in [0.2, 0.25) is 0 Å². The molecule has 2 N–H and O–H groups in total. The molecular weight excluding hydrogens is 324 g/mol. The number of hydrogen-bond acceptors (Lipinski definition) is 3. The van der Waals surface area contributed by atoms with Gasteiger partial charge in [0.15, 0.2) is 0 Å². The average molecular weight is 347 g/mol. The number of ether oxygens (including phenoxy) is 1. The van der Waals surface area contributed by atoms with E-state index in [2.05, 4.69) is 0 Å². The molecule has 3 rings (SSSR count). The van der Waals surface area contributed by atoms with Gasteiger partial charge in [0, 0.05) is 24.7 Å². The molecule has 1 fully saturated rings. The summed E-state index contributed by atoms with van der Waals surface area (Å²) in [6.45, 7) is 1.99. The van der Waals surface area contributed by atoms with Crippen LogP contribution >= 0.6 is 12.4 Å². The molecule has 0 spiro atoms. The lowest BCUT2D eigenvalue weighted by Crippen LogP contribution is -2.42. The Kier molecular flexibility index (Phi) is 6.64. The minimum absolute atomic E-state index is 0. The molecule has 1 aliphatic rings. The van der Waals surface area contributed by atoms with E-state index in [1.807, 2.05) is 59.5 Å². The van der Waals surface area contributed by atoms with Crippen LogP contribution in [-0.2, 0) is 6.61 Å². The normalized spacial score (nSPS) is 14.8. The van der Waals surface area contributed by atoms with Crippen LogP contribution in [0.4, 0.5) is 0 Å². The van der Waals surface area contributed by atoms with Crippen molar-refractivity contribution in [2.24, 2.45) is 5.73 Å². The van der Waals surface area contributed by atoms with Crippen LogP contribution in [0.1, 0.15) is 28.8 Å². The predicted molar refractivity (Wildman–Crippen MR) is 97.6 cm³/mol. The first-order valence-electron chi connectivity index (χ1n) is 8.04. The third kappa shape index (κ3) is 4.73. The van der Waals surface area contributed by atoms with E-state index in [0.717, 1.165) is 42.8 Å². The fraction of sp³-hybridized carbons (Fsp3) is 0.316. The van der Waals surface area contributed by atoms with Crippen LogP contribution in [0.2, 0.25) is 0 Å². The molecule has 4 nitrogen and oxygen atoms in total. The summed E-state index contributed by atoms with van der Waals surface area (Å²) >= 11 is 0. The number of carbonyl (C=O) groups excluding carboxylic acids is 1. The van der Waals surface area contributed by atoms with E-state index in [0.29, 0.717) is 6.61 Å². The zero-order valence-corrected chi connectivity index (χ0v) is 14.4. The fourth-order valence-electron chi connectivity index (χ4n) is 2.71. The molecule has 0 unspecified atom stereocenters. The van der Waals surface area contributed by atoms with Crippen molar-refractivity contribution in [3.63, 3.8) is 0 Å². The Morgan fingerprint density at radius 3 is 2.29 bits per heavy atom. The van der Waals surface area contributed by atoms with E-state index in [1.165, 1.54) is 0 Å². The highest BCUT2D eigenvalue weighted by molar-refractivity contribution is 5.94. The van der Waals surface area contributed by atoms with Crippen LogP contribution in [0.15, 0.2) is 54.6 Å². The highest BCUT2D eigenvalue weighted by Gasteiger charge is 2.21. The van der Waals surface area contributed by atoms with Gasteiger partial charge in [-0.3, -0.25) is 4.79 Å². The summed E-state index contributed by atoms with van der Waals surface area (Å²) in [5.41, 5.74) is 7.66. The van der Waals surface area contributed by atoms with Crippen molar-refractivity contribution in [1.29, 1.82) is 0 Å². The van der Waals surface area contributed by atoms with Gasteiger partial charge in [0.25, 0.3) is 5.91 Å². The molecule has 0 aromatic heterocycles. The maximum absolute atomic E-state index is 12.5. The Morgan fingerprint density at radius 2 is 1.67 bits per heavy atom. The SMILES string of the molecule is Cl.NC1CCN(C(=O)c2ccc(COc3ccccc3)cc2)CC1. The van der Waals surface area contributed by atoms with Gasteiger partial charge in [-0.05, 0) is 42.7 Å². The number of nitrogens with two attached hydrogens (primary N) is 1. The van der Waals surface area contributed by atoms with Crippen molar-refractivity contribution in [3.05, 3.63) is 65.7 Å². The lowest BCUT2D eigenvalue weighted by atomic mass is 10.0. The summed E-state index contributed by atoms with van der Waals surface area (Å²) in [6.07, 6.45) is 1.77. The summed E-state index contributed by atoms with van der Waals surface area (Å²) < 4.78 is 5.71. The third-order valence-corrected chi connectivity index (χ3v) is 4.18. The van der Waals surface area contributed by atoms with Crippen molar-refractivity contribution < 1.29 is 9.53 Å². The second-order valence-corrected chi connectivity index (χ2v) is 5.93. The number of hydrogen-bond donors (Lipinski definition) is 1. The summed E-state index contributed by atoms with van der Waals surface area (Å²) in [5.74, 6) is 0.935. The number of para-hydroxylation sites is 1. The van der Waals surface area contributed by atoms with Gasteiger partial charge in [-0.1, -0.05) is 30.3 Å². The number of rotatable bonds is 4. The summed E-state index contributed by atoms with van der Waals surface area (Å²) in [7, 11) is 0. The Labute approximate surface area is 149 Å². The first-order chi connectivity index (χ1) is 11.2. The minimum atomic E-state index is 0. The van der Waals surface area contributed by atoms with Crippen molar-refractivity contribution in [2.75, 3.05) is 13.1 Å². The fourth-order valence-corrected chi connectivity index (χ4v) is 2.71. The third-order valence-electron chi connectivity index (χ3n) is 4.18. The average Bonchev–Trinajstić information content (AvgIpc) is 2.61. The number of likely N-dealkylation sites (tertiary alicyclic amines) is 1. The first kappa shape index (κ1) is 18.3. The standard InChI is InChI=1S/C19H22N2O2.ClH/c20-17-10-12-21(13-11-17)19(22)16-8-6-15(7-9-16)14-23-18-4-2-1-3-5-18;/h1-9,17H,10-14,20H2;1H. The van der Waals surface area contributed by atoms with Crippen molar-refractivity contribution in [1.82, 2.24) is 4.90 Å². The molecule has 1 heterocycles. The summed E-state index contributed by atoms with van der Waals surface area (Å²) in [5, 5.41) is 0. The van der Waals surface area contributed by atoms with Crippen LogP contribution < -0.4 is 10.5 Å². The van der Waals surface area contributed by atoms with Crippen molar-refractivity contribution in [3.8, 4) is 5.75 Å². The summed E-state index contributed by atoms with van der Waals surface area (Å²) in [6, 6.07) is 17.6. The molecule has 2 aromatic carbocycles. The van der Waals surface area contributed by atoms with Gasteiger partial charge in [-0.2, -0.15) is 0 Å². The maximum atomic E-state index is 12.5. The molecule has 0 saturated carbocycles. The lowest BCUT2D eigenvalue weighted by molar-refractivity contribution is 0.0714. The molecule has 2 aromatic rings. The van der Waals surface area contributed by atoms with Crippen LogP contribution in [0.3, 0.4) is 0 Å². The first-order valence-corrected chi connectivity index (χ1v) is 8.04. The van der Waals surface area contributed by atoms with Gasteiger partial charge < -0.3 is 15.4 Å². The quantitative estimate of drug-likeness (QED) is 0.924. The number of benzene rings is 2. The predicted octanol–water partition coefficient (Wildman–Crippen LogP) is 3.25. The van der Waals surface area contributed by atoms with E-state index >= 15 is 0 Å². The molecule has 0 atom stereocenters. The highest BCUT2D eigenvalue weighted by atomic mass is 35.5. The maximum Gasteiger partial charge on any atom is 0.253 e. The van der Waals surface area contributed by atoms with Gasteiger partial charge >= 0.3 is 0 Å². The monoisotopic (exact) mass is 346 g/mol. The Hall–Kier alpha value is -2.04. The van der Waals surface area contributed by atoms with Crippen LogP contribution in [0.5, 0.6) is 5.75 Å². The van der Waals surface area contributed by atoms with Gasteiger partial charge in [0.1, 0.15) is 12.4 Å². The number of piperidine rings is 1. The Balaban J connectivity index is 0.00000208. The molecular formula is C19H23ClN2O2. The van der Waals surface area contributed by atoms with E-state index in [9.17, 15) is 4.79 Å². The van der Waals surface area contributed by atoms with E-state index in [1.54, 1.807) is 0 Å². The molecule has 0 aliphatic carbocycles. The topological polar surface area (TPSA) is 55.6 Å². The molecule has 128 valence electrons. The second-order valence-electron chi connectivity index (χ2n) is 5.93. The molecule has 24 heavy (non-hydrogen) atoms. The zero-order chi connectivity index (χ0) is 16.1. The van der Waals surface area contributed by atoms with Crippen molar-refractivity contribution in [2.45, 2.75) is 25.5 Å². The van der Waals surface area contributed by atoms with E-state index < -0.39 is 0 Å². The van der Waals surface area contributed by atoms with Gasteiger partial charge in [0.05, 0.1) is 0 Å². The zero-order valence-electron chi connectivity index (χ0n) is 13.6. The van der Waals surface area contributed by atoms with E-state index in [4.69, 9.17) is 10.5 Å². The smallest absolute Gasteiger partial charge is 0.253 e. The van der Waals surface area contributed by atoms with Gasteiger partial charge in [-0.25, -0.2) is 0 Å². The Bertz CT molecular complexity index is 638. The minimum Gasteiger partial charge on any atom is -0.489 e. The molecule has 0 radical (unpaired) electrons. The van der Waals surface area contributed by atoms with Crippen LogP contribution in [0.25, 0.3) is 0 Å². The largest absolute Gasteiger partial charge is 0.489 e. The summed E-state index contributed by atoms with van der Waals surface area (Å²) in [4.78, 5) is 14.3. The Morgan fingerprint density at radius 1 is 1.04 bits per heavy atom. The number of carbonyl (C=O) groups is 1. The van der Waals surface area contributed by atoms with Crippen LogP contribution in [-0.4, -0.2) is 29.9 Å². The molecule has 0 bridgehead atoms. The number of amides is 1. The molecule has 1 aliphatic heterocycles. The molecule has 1 amide bonds. The van der Waals surface area contributed by atoms with Crippen LogP contribution in [0, 0.1) is 0 Å². The lowest BCUT2D eigenvalue weighted by Gasteiger charge is -2.30. The highest BCUT2D eigenvalue weighted by Crippen LogP contribution is 2.15. The molecule has 1 saturated heterocycles. The van der Waals surface area contributed by atoms with E-state index in [-0.39, 0.29) is 24.4 Å². The second kappa shape index (κ2) is 8.71. The van der Waals surface area contributed by atoms with Gasteiger partial charge in [-0.15, -0.1) is 12.4 Å². The number of nitrogens with zero attached hydrogens (tertiary/aromatic N) is 1. The number of halogens is 1. The molecule has 5 heteroatoms. The van der Waals surface area contributed by atoms with Crippen molar-refractivity contribution >= 4 is 18.3 Å².